The zero-order valence-corrected chi connectivity index (χ0v) is 11.5. The second-order valence-electron chi connectivity index (χ2n) is 5.81. The zero-order chi connectivity index (χ0) is 15.0. The number of rotatable bonds is 2. The van der Waals surface area contributed by atoms with Crippen molar-refractivity contribution in [1.82, 2.24) is 9.88 Å². The molecule has 112 valence electrons. The van der Waals surface area contributed by atoms with Crippen LogP contribution in [0, 0.1) is 11.7 Å². The Balaban J connectivity index is 1.92. The maximum Gasteiger partial charge on any atom is 0.326 e. The molecule has 3 unspecified atom stereocenters. The number of carboxylic acid groups (broad SMARTS) is 1. The highest BCUT2D eigenvalue weighted by molar-refractivity contribution is 5.97. The molecule has 1 saturated heterocycles. The Morgan fingerprint density at radius 1 is 1.29 bits per heavy atom. The molecule has 1 saturated carbocycles. The van der Waals surface area contributed by atoms with Crippen molar-refractivity contribution in [3.05, 3.63) is 29.8 Å². The number of nitrogens with zero attached hydrogens (tertiary/aromatic N) is 2. The SMILES string of the molecule is O=C(O)C1CC2CCCCC2N1C(=O)c1cncc(F)c1. The van der Waals surface area contributed by atoms with Crippen molar-refractivity contribution in [3.8, 4) is 0 Å². The first-order valence-corrected chi connectivity index (χ1v) is 7.24. The summed E-state index contributed by atoms with van der Waals surface area (Å²) in [6, 6.07) is 0.259. The van der Waals surface area contributed by atoms with Crippen molar-refractivity contribution in [1.29, 1.82) is 0 Å². The van der Waals surface area contributed by atoms with Crippen molar-refractivity contribution in [3.63, 3.8) is 0 Å². The number of pyridine rings is 1. The van der Waals surface area contributed by atoms with Crippen LogP contribution in [0.15, 0.2) is 18.5 Å². The maximum atomic E-state index is 13.3. The third kappa shape index (κ3) is 2.50. The summed E-state index contributed by atoms with van der Waals surface area (Å²) in [5, 5.41) is 9.40. The van der Waals surface area contributed by atoms with E-state index in [4.69, 9.17) is 0 Å². The average Bonchev–Trinajstić information content (AvgIpc) is 2.86. The van der Waals surface area contributed by atoms with Gasteiger partial charge in [0.05, 0.1) is 11.8 Å². The molecule has 1 aliphatic heterocycles. The van der Waals surface area contributed by atoms with E-state index in [1.165, 1.54) is 11.1 Å². The highest BCUT2D eigenvalue weighted by atomic mass is 19.1. The molecule has 0 bridgehead atoms. The monoisotopic (exact) mass is 292 g/mol. The average molecular weight is 292 g/mol. The van der Waals surface area contributed by atoms with Gasteiger partial charge in [-0.05, 0) is 31.2 Å². The molecule has 0 radical (unpaired) electrons. The molecule has 3 atom stereocenters. The van der Waals surface area contributed by atoms with Crippen LogP contribution in [0.2, 0.25) is 0 Å². The standard InChI is InChI=1S/C15H17FN2O3/c16-11-5-10(7-17-8-11)14(19)18-12-4-2-1-3-9(12)6-13(18)15(20)21/h5,7-9,12-13H,1-4,6H2,(H,20,21). The first-order chi connectivity index (χ1) is 10.1. The van der Waals surface area contributed by atoms with E-state index in [0.29, 0.717) is 6.42 Å². The summed E-state index contributed by atoms with van der Waals surface area (Å²) in [6.07, 6.45) is 6.67. The van der Waals surface area contributed by atoms with E-state index in [2.05, 4.69) is 4.98 Å². The predicted octanol–water partition coefficient (Wildman–Crippen LogP) is 2.08. The smallest absolute Gasteiger partial charge is 0.326 e. The number of carbonyl (C=O) groups is 2. The van der Waals surface area contributed by atoms with Gasteiger partial charge in [-0.2, -0.15) is 0 Å². The van der Waals surface area contributed by atoms with E-state index in [1.54, 1.807) is 0 Å². The first kappa shape index (κ1) is 14.0. The first-order valence-electron chi connectivity index (χ1n) is 7.24. The molecule has 0 aromatic carbocycles. The van der Waals surface area contributed by atoms with Gasteiger partial charge in [-0.1, -0.05) is 12.8 Å². The number of likely N-dealkylation sites (tertiary alicyclic amines) is 1. The third-order valence-electron chi connectivity index (χ3n) is 4.56. The summed E-state index contributed by atoms with van der Waals surface area (Å²) in [4.78, 5) is 29.2. The van der Waals surface area contributed by atoms with Gasteiger partial charge in [0.15, 0.2) is 0 Å². The molecule has 1 aromatic heterocycles. The predicted molar refractivity (Wildman–Crippen MR) is 72.2 cm³/mol. The zero-order valence-electron chi connectivity index (χ0n) is 11.5. The minimum Gasteiger partial charge on any atom is -0.480 e. The van der Waals surface area contributed by atoms with Crippen LogP contribution in [0.4, 0.5) is 4.39 Å². The Morgan fingerprint density at radius 3 is 2.76 bits per heavy atom. The van der Waals surface area contributed by atoms with Gasteiger partial charge >= 0.3 is 5.97 Å². The summed E-state index contributed by atoms with van der Waals surface area (Å²) in [5.74, 6) is -1.76. The molecule has 1 aliphatic carbocycles. The largest absolute Gasteiger partial charge is 0.480 e. The molecule has 2 fully saturated rings. The molecule has 0 spiro atoms. The number of fused-ring (bicyclic) bond motifs is 1. The topological polar surface area (TPSA) is 70.5 Å². The number of hydrogen-bond donors (Lipinski definition) is 1. The van der Waals surface area contributed by atoms with E-state index in [9.17, 15) is 19.1 Å². The molecule has 1 aromatic rings. The summed E-state index contributed by atoms with van der Waals surface area (Å²) in [6.45, 7) is 0. The van der Waals surface area contributed by atoms with E-state index >= 15 is 0 Å². The van der Waals surface area contributed by atoms with Gasteiger partial charge in [-0.3, -0.25) is 9.78 Å². The third-order valence-corrected chi connectivity index (χ3v) is 4.56. The van der Waals surface area contributed by atoms with Crippen LogP contribution in [0.25, 0.3) is 0 Å². The van der Waals surface area contributed by atoms with E-state index in [-0.39, 0.29) is 17.5 Å². The fraction of sp³-hybridized carbons (Fsp3) is 0.533. The lowest BCUT2D eigenvalue weighted by atomic mass is 9.84. The van der Waals surface area contributed by atoms with Crippen molar-refractivity contribution < 1.29 is 19.1 Å². The molecule has 2 heterocycles. The second-order valence-corrected chi connectivity index (χ2v) is 5.81. The van der Waals surface area contributed by atoms with E-state index < -0.39 is 23.7 Å². The summed E-state index contributed by atoms with van der Waals surface area (Å²) in [5.41, 5.74) is 0.118. The molecule has 3 rings (SSSR count). The number of carboxylic acids is 1. The molecule has 21 heavy (non-hydrogen) atoms. The maximum absolute atomic E-state index is 13.3. The summed E-state index contributed by atoms with van der Waals surface area (Å²) in [7, 11) is 0. The van der Waals surface area contributed by atoms with Crippen LogP contribution in [0.5, 0.6) is 0 Å². The van der Waals surface area contributed by atoms with Crippen molar-refractivity contribution in [2.24, 2.45) is 5.92 Å². The van der Waals surface area contributed by atoms with Gasteiger partial charge in [0.1, 0.15) is 11.9 Å². The van der Waals surface area contributed by atoms with Crippen LogP contribution in [-0.2, 0) is 4.79 Å². The second kappa shape index (κ2) is 5.42. The van der Waals surface area contributed by atoms with Crippen molar-refractivity contribution in [2.75, 3.05) is 0 Å². The van der Waals surface area contributed by atoms with Gasteiger partial charge in [0, 0.05) is 12.2 Å². The van der Waals surface area contributed by atoms with Crippen molar-refractivity contribution >= 4 is 11.9 Å². The van der Waals surface area contributed by atoms with Crippen LogP contribution < -0.4 is 0 Å². The number of aliphatic carboxylic acids is 1. The number of amides is 1. The lowest BCUT2D eigenvalue weighted by Gasteiger charge is -2.33. The lowest BCUT2D eigenvalue weighted by molar-refractivity contribution is -0.141. The Morgan fingerprint density at radius 2 is 2.05 bits per heavy atom. The van der Waals surface area contributed by atoms with E-state index in [0.717, 1.165) is 37.9 Å². The fourth-order valence-electron chi connectivity index (χ4n) is 3.65. The Kier molecular flexibility index (Phi) is 3.61. The van der Waals surface area contributed by atoms with Crippen LogP contribution in [0.3, 0.4) is 0 Å². The summed E-state index contributed by atoms with van der Waals surface area (Å²) < 4.78 is 13.3. The fourth-order valence-corrected chi connectivity index (χ4v) is 3.65. The molecule has 1 N–H and O–H groups in total. The van der Waals surface area contributed by atoms with Crippen LogP contribution in [-0.4, -0.2) is 39.0 Å². The van der Waals surface area contributed by atoms with Crippen molar-refractivity contribution in [2.45, 2.75) is 44.2 Å². The molecular weight excluding hydrogens is 275 g/mol. The van der Waals surface area contributed by atoms with Gasteiger partial charge in [-0.15, -0.1) is 0 Å². The Bertz CT molecular complexity index is 578. The lowest BCUT2D eigenvalue weighted by Crippen LogP contribution is -2.46. The minimum absolute atomic E-state index is 0.0457. The highest BCUT2D eigenvalue weighted by Crippen LogP contribution is 2.40. The molecule has 6 heteroatoms. The van der Waals surface area contributed by atoms with Gasteiger partial charge < -0.3 is 10.0 Å². The normalized spacial score (nSPS) is 28.2. The van der Waals surface area contributed by atoms with E-state index in [1.807, 2.05) is 0 Å². The minimum atomic E-state index is -0.984. The van der Waals surface area contributed by atoms with Crippen LogP contribution >= 0.6 is 0 Å². The number of aromatic nitrogens is 1. The molecule has 2 aliphatic rings. The van der Waals surface area contributed by atoms with Gasteiger partial charge in [0.25, 0.3) is 5.91 Å². The summed E-state index contributed by atoms with van der Waals surface area (Å²) >= 11 is 0. The number of carbonyl (C=O) groups excluding carboxylic acids is 1. The number of halogens is 1. The Labute approximate surface area is 121 Å². The molecule has 1 amide bonds. The highest BCUT2D eigenvalue weighted by Gasteiger charge is 2.47. The molecular formula is C15H17FN2O3. The number of hydrogen-bond acceptors (Lipinski definition) is 3. The quantitative estimate of drug-likeness (QED) is 0.906. The molecule has 5 nitrogen and oxygen atoms in total. The van der Waals surface area contributed by atoms with Crippen LogP contribution in [0.1, 0.15) is 42.5 Å². The van der Waals surface area contributed by atoms with Gasteiger partial charge in [-0.25, -0.2) is 9.18 Å². The Hall–Kier alpha value is -1.98. The van der Waals surface area contributed by atoms with Gasteiger partial charge in [0.2, 0.25) is 0 Å².